The first kappa shape index (κ1) is 18.5. The number of nitrogens with one attached hydrogen (secondary N) is 1. The summed E-state index contributed by atoms with van der Waals surface area (Å²) in [6.45, 7) is 8.25. The molecule has 0 saturated carbocycles. The minimum atomic E-state index is -0.562. The SMILES string of the molecule is CC1CN(CCN2SN(c3ccc(F)cc3F)c3ccccc32)CC(C)N1. The summed E-state index contributed by atoms with van der Waals surface area (Å²) in [5.41, 5.74) is 2.36. The number of nitrogens with zero attached hydrogens (tertiary/aromatic N) is 3. The number of rotatable bonds is 4. The molecule has 0 aromatic heterocycles. The van der Waals surface area contributed by atoms with E-state index in [2.05, 4.69) is 28.4 Å². The first-order valence-electron chi connectivity index (χ1n) is 9.29. The Hall–Kier alpha value is -1.83. The largest absolute Gasteiger partial charge is 0.309 e. The van der Waals surface area contributed by atoms with Crippen LogP contribution in [0, 0.1) is 11.6 Å². The van der Waals surface area contributed by atoms with Crippen LogP contribution in [-0.2, 0) is 0 Å². The predicted octanol–water partition coefficient (Wildman–Crippen LogP) is 4.17. The Kier molecular flexibility index (Phi) is 5.25. The lowest BCUT2D eigenvalue weighted by molar-refractivity contribution is 0.178. The fraction of sp³-hybridized carbons (Fsp3) is 0.400. The Bertz CT molecular complexity index is 808. The van der Waals surface area contributed by atoms with Gasteiger partial charge < -0.3 is 5.32 Å². The van der Waals surface area contributed by atoms with Gasteiger partial charge in [-0.1, -0.05) is 12.1 Å². The van der Waals surface area contributed by atoms with Crippen LogP contribution in [0.3, 0.4) is 0 Å². The summed E-state index contributed by atoms with van der Waals surface area (Å²) in [6.07, 6.45) is 0. The molecule has 7 heteroatoms. The molecule has 0 aliphatic carbocycles. The van der Waals surface area contributed by atoms with Crippen LogP contribution >= 0.6 is 12.1 Å². The number of halogens is 2. The summed E-state index contributed by atoms with van der Waals surface area (Å²) in [5.74, 6) is -1.11. The highest BCUT2D eigenvalue weighted by molar-refractivity contribution is 8.02. The monoisotopic (exact) mass is 390 g/mol. The smallest absolute Gasteiger partial charge is 0.150 e. The van der Waals surface area contributed by atoms with Crippen LogP contribution in [0.4, 0.5) is 25.8 Å². The summed E-state index contributed by atoms with van der Waals surface area (Å²) in [4.78, 5) is 2.47. The molecule has 2 heterocycles. The Morgan fingerprint density at radius 3 is 2.37 bits per heavy atom. The molecule has 0 spiro atoms. The van der Waals surface area contributed by atoms with Crippen molar-refractivity contribution < 1.29 is 8.78 Å². The van der Waals surface area contributed by atoms with Gasteiger partial charge in [0.2, 0.25) is 0 Å². The van der Waals surface area contributed by atoms with Crippen LogP contribution < -0.4 is 13.9 Å². The molecule has 2 aliphatic heterocycles. The molecule has 1 fully saturated rings. The van der Waals surface area contributed by atoms with Crippen LogP contribution in [0.5, 0.6) is 0 Å². The van der Waals surface area contributed by atoms with E-state index >= 15 is 0 Å². The van der Waals surface area contributed by atoms with Gasteiger partial charge in [-0.15, -0.1) is 0 Å². The molecule has 1 N–H and O–H groups in total. The Morgan fingerprint density at radius 1 is 0.963 bits per heavy atom. The second kappa shape index (κ2) is 7.66. The molecule has 0 amide bonds. The van der Waals surface area contributed by atoms with Crippen LogP contribution in [-0.4, -0.2) is 43.2 Å². The van der Waals surface area contributed by atoms with Gasteiger partial charge in [-0.2, -0.15) is 0 Å². The highest BCUT2D eigenvalue weighted by Crippen LogP contribution is 2.49. The normalized spacial score (nSPS) is 23.0. The van der Waals surface area contributed by atoms with Gasteiger partial charge >= 0.3 is 0 Å². The predicted molar refractivity (Wildman–Crippen MR) is 108 cm³/mol. The minimum Gasteiger partial charge on any atom is -0.309 e. The highest BCUT2D eigenvalue weighted by atomic mass is 32.2. The van der Waals surface area contributed by atoms with E-state index in [1.54, 1.807) is 0 Å². The second-order valence-corrected chi connectivity index (χ2v) is 8.26. The summed E-state index contributed by atoms with van der Waals surface area (Å²) >= 11 is 1.46. The molecule has 144 valence electrons. The van der Waals surface area contributed by atoms with E-state index in [4.69, 9.17) is 0 Å². The van der Waals surface area contributed by atoms with E-state index < -0.39 is 11.6 Å². The van der Waals surface area contributed by atoms with Crippen molar-refractivity contribution in [1.29, 1.82) is 0 Å². The quantitative estimate of drug-likeness (QED) is 0.789. The Morgan fingerprint density at radius 2 is 1.67 bits per heavy atom. The van der Waals surface area contributed by atoms with Gasteiger partial charge in [0.15, 0.2) is 5.82 Å². The molecule has 0 bridgehead atoms. The van der Waals surface area contributed by atoms with Crippen LogP contribution in [0.1, 0.15) is 13.8 Å². The number of fused-ring (bicyclic) bond motifs is 1. The minimum absolute atomic E-state index is 0.376. The van der Waals surface area contributed by atoms with Crippen LogP contribution in [0.25, 0.3) is 0 Å². The summed E-state index contributed by atoms with van der Waals surface area (Å²) in [6, 6.07) is 12.7. The molecule has 0 radical (unpaired) electrons. The average Bonchev–Trinajstić information content (AvgIpc) is 2.98. The maximum absolute atomic E-state index is 14.4. The molecule has 2 unspecified atom stereocenters. The molecular weight excluding hydrogens is 366 g/mol. The summed E-state index contributed by atoms with van der Waals surface area (Å²) in [5, 5.41) is 3.55. The third-order valence-electron chi connectivity index (χ3n) is 4.93. The van der Waals surface area contributed by atoms with Crippen molar-refractivity contribution in [3.63, 3.8) is 0 Å². The third-order valence-corrected chi connectivity index (χ3v) is 6.06. The van der Waals surface area contributed by atoms with Crippen molar-refractivity contribution in [3.8, 4) is 0 Å². The highest BCUT2D eigenvalue weighted by Gasteiger charge is 2.31. The number of piperazine rings is 1. The first-order valence-corrected chi connectivity index (χ1v) is 10.0. The van der Waals surface area contributed by atoms with Crippen molar-refractivity contribution in [2.24, 2.45) is 0 Å². The lowest BCUT2D eigenvalue weighted by atomic mass is 10.1. The van der Waals surface area contributed by atoms with Gasteiger partial charge in [-0.05, 0) is 38.1 Å². The zero-order chi connectivity index (χ0) is 19.0. The van der Waals surface area contributed by atoms with Crippen LogP contribution in [0.15, 0.2) is 42.5 Å². The molecule has 4 rings (SSSR count). The van der Waals surface area contributed by atoms with Crippen molar-refractivity contribution in [1.82, 2.24) is 10.2 Å². The maximum Gasteiger partial charge on any atom is 0.150 e. The Labute approximate surface area is 163 Å². The number of benzene rings is 2. The number of anilines is 3. The zero-order valence-corrected chi connectivity index (χ0v) is 16.3. The summed E-state index contributed by atoms with van der Waals surface area (Å²) < 4.78 is 31.7. The molecular formula is C20H24F2N4S. The van der Waals surface area contributed by atoms with E-state index in [1.165, 1.54) is 24.3 Å². The number of hydrogen-bond donors (Lipinski definition) is 1. The summed E-state index contributed by atoms with van der Waals surface area (Å²) in [7, 11) is 0. The van der Waals surface area contributed by atoms with Gasteiger partial charge in [-0.25, -0.2) is 8.78 Å². The van der Waals surface area contributed by atoms with Crippen molar-refractivity contribution >= 4 is 29.2 Å². The van der Waals surface area contributed by atoms with E-state index in [0.717, 1.165) is 43.6 Å². The fourth-order valence-corrected chi connectivity index (χ4v) is 4.95. The topological polar surface area (TPSA) is 21.8 Å². The van der Waals surface area contributed by atoms with Crippen LogP contribution in [0.2, 0.25) is 0 Å². The standard InChI is InChI=1S/C20H24F2N4S/c1-14-12-24(13-15(2)23-14)9-10-25-19-5-3-4-6-20(19)26(27-25)18-8-7-16(21)11-17(18)22/h3-8,11,14-15,23H,9-10,12-13H2,1-2H3. The third kappa shape index (κ3) is 3.90. The van der Waals surface area contributed by atoms with E-state index in [0.29, 0.717) is 17.8 Å². The molecule has 2 aromatic rings. The molecule has 2 aliphatic rings. The maximum atomic E-state index is 14.4. The lowest BCUT2D eigenvalue weighted by Crippen LogP contribution is -2.55. The average molecular weight is 391 g/mol. The van der Waals surface area contributed by atoms with Gasteiger partial charge in [0.05, 0.1) is 29.2 Å². The van der Waals surface area contributed by atoms with Gasteiger partial charge in [0, 0.05) is 44.3 Å². The number of para-hydroxylation sites is 2. The van der Waals surface area contributed by atoms with Gasteiger partial charge in [0.1, 0.15) is 5.82 Å². The molecule has 2 aromatic carbocycles. The van der Waals surface area contributed by atoms with Gasteiger partial charge in [-0.3, -0.25) is 13.5 Å². The lowest BCUT2D eigenvalue weighted by Gasteiger charge is -2.36. The Balaban J connectivity index is 1.52. The molecule has 2 atom stereocenters. The molecule has 1 saturated heterocycles. The van der Waals surface area contributed by atoms with E-state index in [-0.39, 0.29) is 0 Å². The van der Waals surface area contributed by atoms with E-state index in [9.17, 15) is 8.78 Å². The zero-order valence-electron chi connectivity index (χ0n) is 15.5. The molecule has 4 nitrogen and oxygen atoms in total. The van der Waals surface area contributed by atoms with Gasteiger partial charge in [0.25, 0.3) is 0 Å². The fourth-order valence-electron chi connectivity index (χ4n) is 3.87. The second-order valence-electron chi connectivity index (χ2n) is 7.29. The number of hydrogen-bond acceptors (Lipinski definition) is 5. The first-order chi connectivity index (χ1) is 13.0. The van der Waals surface area contributed by atoms with Crippen molar-refractivity contribution in [2.75, 3.05) is 34.8 Å². The van der Waals surface area contributed by atoms with Crippen molar-refractivity contribution in [2.45, 2.75) is 25.9 Å². The van der Waals surface area contributed by atoms with E-state index in [1.807, 2.05) is 28.6 Å². The molecule has 27 heavy (non-hydrogen) atoms. The van der Waals surface area contributed by atoms with Crippen molar-refractivity contribution in [3.05, 3.63) is 54.1 Å².